The van der Waals surface area contributed by atoms with E-state index >= 15 is 0 Å². The van der Waals surface area contributed by atoms with E-state index in [1.165, 1.54) is 20.2 Å². The molecule has 6 N–H and O–H groups in total. The predicted octanol–water partition coefficient (Wildman–Crippen LogP) is -0.305. The van der Waals surface area contributed by atoms with Crippen molar-refractivity contribution in [2.24, 2.45) is 17.6 Å². The summed E-state index contributed by atoms with van der Waals surface area (Å²) in [5, 5.41) is 43.1. The lowest BCUT2D eigenvalue weighted by molar-refractivity contribution is -0.147. The number of rotatable bonds is 3. The average molecular weight is 470 g/mol. The van der Waals surface area contributed by atoms with Gasteiger partial charge in [-0.1, -0.05) is 0 Å². The summed E-state index contributed by atoms with van der Waals surface area (Å²) >= 11 is 0. The number of Topliss-reactive ketones (excluding diaryl/α,β-unsaturated/α-hetero) is 3. The van der Waals surface area contributed by atoms with Crippen LogP contribution >= 0.6 is 0 Å². The number of phenols is 1. The molecule has 0 heterocycles. The molecular weight excluding hydrogens is 448 g/mol. The Morgan fingerprint density at radius 3 is 2.32 bits per heavy atom. The molecule has 11 heteroatoms. The number of aliphatic hydroxyl groups excluding tert-OH is 2. The molecule has 0 aliphatic heterocycles. The Bertz CT molecular complexity index is 1270. The molecule has 1 saturated carbocycles. The Morgan fingerprint density at radius 2 is 1.74 bits per heavy atom. The first kappa shape index (κ1) is 23.2. The maximum atomic E-state index is 13.4. The second-order valence-electron chi connectivity index (χ2n) is 8.92. The highest BCUT2D eigenvalue weighted by Gasteiger charge is 2.60. The van der Waals surface area contributed by atoms with Crippen molar-refractivity contribution in [1.29, 1.82) is 0 Å². The Morgan fingerprint density at radius 1 is 1.09 bits per heavy atom. The van der Waals surface area contributed by atoms with Gasteiger partial charge < -0.3 is 31.1 Å². The number of hydrogen-bond donors (Lipinski definition) is 5. The summed E-state index contributed by atoms with van der Waals surface area (Å²) in [4.78, 5) is 63.6. The van der Waals surface area contributed by atoms with Crippen molar-refractivity contribution in [3.63, 3.8) is 0 Å². The van der Waals surface area contributed by atoms with E-state index in [4.69, 9.17) is 5.73 Å². The van der Waals surface area contributed by atoms with E-state index in [0.29, 0.717) is 0 Å². The van der Waals surface area contributed by atoms with Gasteiger partial charge in [0.05, 0.1) is 5.56 Å². The highest BCUT2D eigenvalue weighted by atomic mass is 16.3. The number of primary amides is 1. The van der Waals surface area contributed by atoms with Gasteiger partial charge >= 0.3 is 0 Å². The largest absolute Gasteiger partial charge is 0.508 e. The standard InChI is InChI=1S/C23H22N2O9/c1-25(2)22(33)17(28)10-3-4-12(26)15-11(10)6-8-5-9-7-13(27)16(21(24)32)20(31)23(9,34)19(30)14(8)18(15)29/h3-4,8-9,26,29,31,34H,5-7H2,1-2H3,(H2,24,32). The van der Waals surface area contributed by atoms with Crippen molar-refractivity contribution < 1.29 is 44.4 Å². The van der Waals surface area contributed by atoms with Gasteiger partial charge in [-0.2, -0.15) is 0 Å². The van der Waals surface area contributed by atoms with Crippen molar-refractivity contribution in [2.75, 3.05) is 14.1 Å². The second kappa shape index (κ2) is 7.52. The minimum absolute atomic E-state index is 0.0649. The fourth-order valence-electron chi connectivity index (χ4n) is 5.15. The molecule has 0 bridgehead atoms. The third kappa shape index (κ3) is 2.97. The monoisotopic (exact) mass is 470 g/mol. The summed E-state index contributed by atoms with van der Waals surface area (Å²) in [5.41, 5.74) is 1.11. The number of carbonyl (C=O) groups excluding carboxylic acids is 5. The minimum atomic E-state index is -2.67. The molecule has 0 saturated heterocycles. The van der Waals surface area contributed by atoms with Crippen LogP contribution in [0.2, 0.25) is 0 Å². The van der Waals surface area contributed by atoms with E-state index < -0.39 is 75.9 Å². The summed E-state index contributed by atoms with van der Waals surface area (Å²) in [6.07, 6.45) is -0.592. The van der Waals surface area contributed by atoms with Crippen molar-refractivity contribution in [3.05, 3.63) is 45.7 Å². The fourth-order valence-corrected chi connectivity index (χ4v) is 5.15. The number of nitrogens with two attached hydrogens (primary N) is 1. The number of likely N-dealkylation sites (N-methyl/N-ethyl adjacent to an activating group) is 1. The lowest BCUT2D eigenvalue weighted by atomic mass is 9.59. The van der Waals surface area contributed by atoms with E-state index in [1.807, 2.05) is 0 Å². The number of phenolic OH excluding ortho intramolecular Hbond substituents is 1. The van der Waals surface area contributed by atoms with Crippen molar-refractivity contribution >= 4 is 34.9 Å². The Hall–Kier alpha value is -3.99. The highest BCUT2D eigenvalue weighted by Crippen LogP contribution is 2.52. The number of ketones is 3. The first-order valence-electron chi connectivity index (χ1n) is 10.4. The molecule has 3 unspecified atom stereocenters. The highest BCUT2D eigenvalue weighted by molar-refractivity contribution is 6.43. The molecule has 3 atom stereocenters. The summed E-state index contributed by atoms with van der Waals surface area (Å²) < 4.78 is 0. The number of aromatic hydroxyl groups is 1. The summed E-state index contributed by atoms with van der Waals surface area (Å²) in [6, 6.07) is 2.34. The van der Waals surface area contributed by atoms with Crippen LogP contribution in [-0.4, -0.2) is 74.2 Å². The van der Waals surface area contributed by atoms with Crippen molar-refractivity contribution in [1.82, 2.24) is 4.90 Å². The number of aliphatic hydroxyl groups is 3. The van der Waals surface area contributed by atoms with Gasteiger partial charge in [-0.3, -0.25) is 24.0 Å². The Balaban J connectivity index is 1.92. The van der Waals surface area contributed by atoms with Crippen molar-refractivity contribution in [3.8, 4) is 5.75 Å². The van der Waals surface area contributed by atoms with Crippen LogP contribution in [0.1, 0.15) is 34.3 Å². The topological polar surface area (TPSA) is 196 Å². The molecule has 3 aliphatic rings. The predicted molar refractivity (Wildman–Crippen MR) is 114 cm³/mol. The number of benzene rings is 1. The number of nitrogens with zero attached hydrogens (tertiary/aromatic N) is 1. The van der Waals surface area contributed by atoms with Crippen LogP contribution < -0.4 is 5.73 Å². The third-order valence-corrected chi connectivity index (χ3v) is 6.79. The lowest BCUT2D eigenvalue weighted by Gasteiger charge is -2.46. The van der Waals surface area contributed by atoms with Gasteiger partial charge in [-0.05, 0) is 36.5 Å². The number of amides is 2. The molecule has 2 amide bonds. The van der Waals surface area contributed by atoms with E-state index in [9.17, 15) is 44.4 Å². The Labute approximate surface area is 192 Å². The van der Waals surface area contributed by atoms with Crippen LogP contribution in [-0.2, 0) is 25.6 Å². The average Bonchev–Trinajstić information content (AvgIpc) is 2.75. The summed E-state index contributed by atoms with van der Waals surface area (Å²) in [5.74, 6) is -9.26. The molecule has 11 nitrogen and oxygen atoms in total. The molecule has 4 rings (SSSR count). The lowest BCUT2D eigenvalue weighted by Crippen LogP contribution is -2.58. The zero-order chi connectivity index (χ0) is 25.3. The third-order valence-electron chi connectivity index (χ3n) is 6.79. The molecule has 0 aromatic heterocycles. The first-order chi connectivity index (χ1) is 15.8. The molecule has 0 spiro atoms. The van der Waals surface area contributed by atoms with Gasteiger partial charge in [0.25, 0.3) is 17.6 Å². The van der Waals surface area contributed by atoms with E-state index in [-0.39, 0.29) is 35.1 Å². The van der Waals surface area contributed by atoms with Crippen LogP contribution in [0.25, 0.3) is 5.76 Å². The molecule has 1 aromatic carbocycles. The molecule has 34 heavy (non-hydrogen) atoms. The van der Waals surface area contributed by atoms with E-state index in [1.54, 1.807) is 0 Å². The SMILES string of the molecule is CN(C)C(=O)C(=O)c1ccc(O)c2c1CC1CC3CC(=O)C(C(N)=O)=C(O)C3(O)C(=O)C1=C2O. The van der Waals surface area contributed by atoms with Gasteiger partial charge in [-0.25, -0.2) is 0 Å². The van der Waals surface area contributed by atoms with Gasteiger partial charge in [0.1, 0.15) is 22.8 Å². The molecule has 1 aromatic rings. The fraction of sp³-hybridized carbons (Fsp3) is 0.348. The maximum absolute atomic E-state index is 13.4. The summed E-state index contributed by atoms with van der Waals surface area (Å²) in [6.45, 7) is 0. The smallest absolute Gasteiger partial charge is 0.294 e. The summed E-state index contributed by atoms with van der Waals surface area (Å²) in [7, 11) is 2.78. The number of carbonyl (C=O) groups is 5. The van der Waals surface area contributed by atoms with Gasteiger partial charge in [0.2, 0.25) is 5.78 Å². The second-order valence-corrected chi connectivity index (χ2v) is 8.92. The number of hydrogen-bond acceptors (Lipinski definition) is 9. The van der Waals surface area contributed by atoms with Gasteiger partial charge in [0.15, 0.2) is 11.4 Å². The van der Waals surface area contributed by atoms with Crippen LogP contribution in [0.4, 0.5) is 0 Å². The maximum Gasteiger partial charge on any atom is 0.294 e. The molecule has 1 fully saturated rings. The first-order valence-corrected chi connectivity index (χ1v) is 10.4. The normalized spacial score (nSPS) is 26.0. The zero-order valence-corrected chi connectivity index (χ0v) is 18.3. The number of fused-ring (bicyclic) bond motifs is 3. The quantitative estimate of drug-likeness (QED) is 0.224. The molecule has 0 radical (unpaired) electrons. The van der Waals surface area contributed by atoms with Gasteiger partial charge in [-0.15, -0.1) is 0 Å². The van der Waals surface area contributed by atoms with Crippen LogP contribution in [0.5, 0.6) is 5.75 Å². The van der Waals surface area contributed by atoms with Gasteiger partial charge in [0, 0.05) is 37.6 Å². The molecule has 178 valence electrons. The van der Waals surface area contributed by atoms with E-state index in [2.05, 4.69) is 0 Å². The molecular formula is C23H22N2O9. The van der Waals surface area contributed by atoms with Crippen LogP contribution in [0.15, 0.2) is 29.0 Å². The zero-order valence-electron chi connectivity index (χ0n) is 18.3. The Kier molecular flexibility index (Phi) is 5.13. The van der Waals surface area contributed by atoms with Crippen LogP contribution in [0, 0.1) is 11.8 Å². The van der Waals surface area contributed by atoms with E-state index in [0.717, 1.165) is 11.0 Å². The minimum Gasteiger partial charge on any atom is -0.508 e. The van der Waals surface area contributed by atoms with Crippen LogP contribution in [0.3, 0.4) is 0 Å². The molecule has 3 aliphatic carbocycles. The van der Waals surface area contributed by atoms with Crippen molar-refractivity contribution in [2.45, 2.75) is 24.9 Å².